The number of carbonyl (C=O) groups is 1. The van der Waals surface area contributed by atoms with Gasteiger partial charge >= 0.3 is 0 Å². The molecule has 1 N–H and O–H groups in total. The van der Waals surface area contributed by atoms with Gasteiger partial charge in [0.1, 0.15) is 5.75 Å². The summed E-state index contributed by atoms with van der Waals surface area (Å²) in [5, 5.41) is 9.78. The fourth-order valence-corrected chi connectivity index (χ4v) is 2.99. The highest BCUT2D eigenvalue weighted by molar-refractivity contribution is 5.83. The van der Waals surface area contributed by atoms with Gasteiger partial charge in [-0.3, -0.25) is 4.79 Å². The van der Waals surface area contributed by atoms with Gasteiger partial charge in [-0.15, -0.1) is 0 Å². The third-order valence-electron chi connectivity index (χ3n) is 4.31. The number of aryl methyl sites for hydroxylation is 1. The molecule has 1 aliphatic rings. The first-order valence-corrected chi connectivity index (χ1v) is 7.99. The summed E-state index contributed by atoms with van der Waals surface area (Å²) in [6.07, 6.45) is 7.23. The van der Waals surface area contributed by atoms with Gasteiger partial charge in [-0.2, -0.15) is 0 Å². The van der Waals surface area contributed by atoms with Crippen LogP contribution in [-0.2, 0) is 0 Å². The summed E-state index contributed by atoms with van der Waals surface area (Å²) >= 11 is 0. The molecule has 2 aromatic carbocycles. The number of rotatable bonds is 4. The van der Waals surface area contributed by atoms with Crippen LogP contribution in [0.3, 0.4) is 0 Å². The summed E-state index contributed by atoms with van der Waals surface area (Å²) in [6, 6.07) is 12.1. The lowest BCUT2D eigenvalue weighted by Gasteiger charge is -2.17. The molecular formula is C20H21NO2. The zero-order chi connectivity index (χ0) is 16.2. The number of nitrogens with zero attached hydrogens (tertiary/aromatic N) is 1. The van der Waals surface area contributed by atoms with Gasteiger partial charge < -0.3 is 10.0 Å². The molecule has 1 saturated heterocycles. The van der Waals surface area contributed by atoms with E-state index in [-0.39, 0.29) is 5.75 Å². The lowest BCUT2D eigenvalue weighted by Crippen LogP contribution is -2.17. The Morgan fingerprint density at radius 1 is 1.00 bits per heavy atom. The number of hydrogen-bond donors (Lipinski definition) is 1. The van der Waals surface area contributed by atoms with E-state index in [0.29, 0.717) is 17.4 Å². The average molecular weight is 307 g/mol. The summed E-state index contributed by atoms with van der Waals surface area (Å²) in [5.41, 5.74) is 4.34. The van der Waals surface area contributed by atoms with Gasteiger partial charge in [-0.25, -0.2) is 0 Å². The Kier molecular flexibility index (Phi) is 4.47. The molecule has 0 amide bonds. The quantitative estimate of drug-likeness (QED) is 0.677. The van der Waals surface area contributed by atoms with Crippen molar-refractivity contribution in [1.82, 2.24) is 0 Å². The highest BCUT2D eigenvalue weighted by Crippen LogP contribution is 2.24. The molecule has 0 aromatic heterocycles. The Morgan fingerprint density at radius 3 is 2.30 bits per heavy atom. The predicted molar refractivity (Wildman–Crippen MR) is 95.0 cm³/mol. The number of hydrogen-bond acceptors (Lipinski definition) is 3. The van der Waals surface area contributed by atoms with Crippen LogP contribution in [0.4, 0.5) is 5.69 Å². The van der Waals surface area contributed by atoms with Crippen LogP contribution in [0.2, 0.25) is 0 Å². The Hall–Kier alpha value is -2.55. The molecule has 0 saturated carbocycles. The third kappa shape index (κ3) is 3.45. The minimum Gasteiger partial charge on any atom is -0.507 e. The van der Waals surface area contributed by atoms with Crippen molar-refractivity contribution in [3.63, 3.8) is 0 Å². The van der Waals surface area contributed by atoms with E-state index in [4.69, 9.17) is 0 Å². The van der Waals surface area contributed by atoms with E-state index in [1.54, 1.807) is 13.0 Å². The van der Waals surface area contributed by atoms with Crippen LogP contribution in [-0.4, -0.2) is 24.5 Å². The Labute approximate surface area is 136 Å². The second-order valence-electron chi connectivity index (χ2n) is 6.01. The van der Waals surface area contributed by atoms with Gasteiger partial charge in [-0.1, -0.05) is 24.3 Å². The van der Waals surface area contributed by atoms with Crippen molar-refractivity contribution in [1.29, 1.82) is 0 Å². The van der Waals surface area contributed by atoms with Crippen molar-refractivity contribution < 1.29 is 9.90 Å². The van der Waals surface area contributed by atoms with Crippen LogP contribution >= 0.6 is 0 Å². The van der Waals surface area contributed by atoms with Crippen LogP contribution in [0.25, 0.3) is 12.2 Å². The monoisotopic (exact) mass is 307 g/mol. The maximum absolute atomic E-state index is 11.0. The van der Waals surface area contributed by atoms with Gasteiger partial charge in [0.15, 0.2) is 6.29 Å². The highest BCUT2D eigenvalue weighted by atomic mass is 16.3. The molecule has 3 heteroatoms. The number of anilines is 1. The number of benzene rings is 2. The van der Waals surface area contributed by atoms with E-state index in [1.165, 1.54) is 18.5 Å². The normalized spacial score (nSPS) is 14.6. The van der Waals surface area contributed by atoms with Gasteiger partial charge in [0.05, 0.1) is 5.56 Å². The molecule has 0 atom stereocenters. The van der Waals surface area contributed by atoms with Crippen molar-refractivity contribution in [3.05, 3.63) is 58.7 Å². The summed E-state index contributed by atoms with van der Waals surface area (Å²) in [6.45, 7) is 4.09. The standard InChI is InChI=1S/C20H21NO2/c1-15-12-17(13-18(14-22)20(15)23)5-4-16-6-8-19(9-7-16)21-10-2-3-11-21/h4-9,12-14,23H,2-3,10-11H2,1H3/b5-4+. The molecule has 3 rings (SSSR count). The van der Waals surface area contributed by atoms with E-state index in [2.05, 4.69) is 29.2 Å². The summed E-state index contributed by atoms with van der Waals surface area (Å²) in [4.78, 5) is 13.4. The molecule has 3 nitrogen and oxygen atoms in total. The molecule has 0 bridgehead atoms. The molecule has 0 aliphatic carbocycles. The number of aldehydes is 1. The second-order valence-corrected chi connectivity index (χ2v) is 6.01. The number of carbonyl (C=O) groups excluding carboxylic acids is 1. The number of phenols is 1. The van der Waals surface area contributed by atoms with Crippen LogP contribution in [0.1, 0.15) is 39.9 Å². The van der Waals surface area contributed by atoms with Crippen LogP contribution in [0.5, 0.6) is 5.75 Å². The molecular weight excluding hydrogens is 286 g/mol. The SMILES string of the molecule is Cc1cc(/C=C/c2ccc(N3CCCC3)cc2)cc(C=O)c1O. The summed E-state index contributed by atoms with van der Waals surface area (Å²) in [7, 11) is 0. The molecule has 1 heterocycles. The summed E-state index contributed by atoms with van der Waals surface area (Å²) in [5.74, 6) is 0.0621. The third-order valence-corrected chi connectivity index (χ3v) is 4.31. The van der Waals surface area contributed by atoms with Crippen molar-refractivity contribution in [2.75, 3.05) is 18.0 Å². The van der Waals surface area contributed by atoms with Crippen molar-refractivity contribution in [3.8, 4) is 5.75 Å². The minimum absolute atomic E-state index is 0.0621. The number of phenolic OH excluding ortho intramolecular Hbond substituents is 1. The first kappa shape index (κ1) is 15.3. The van der Waals surface area contributed by atoms with Gasteiger partial charge in [0.25, 0.3) is 0 Å². The Balaban J connectivity index is 1.77. The lowest BCUT2D eigenvalue weighted by atomic mass is 10.0. The molecule has 0 spiro atoms. The second kappa shape index (κ2) is 6.69. The van der Waals surface area contributed by atoms with E-state index >= 15 is 0 Å². The van der Waals surface area contributed by atoms with Crippen LogP contribution < -0.4 is 4.90 Å². The minimum atomic E-state index is 0.0621. The fraction of sp³-hybridized carbons (Fsp3) is 0.250. The molecule has 1 fully saturated rings. The Morgan fingerprint density at radius 2 is 1.65 bits per heavy atom. The van der Waals surface area contributed by atoms with Crippen LogP contribution in [0.15, 0.2) is 36.4 Å². The molecule has 0 radical (unpaired) electrons. The topological polar surface area (TPSA) is 40.5 Å². The number of aromatic hydroxyl groups is 1. The zero-order valence-corrected chi connectivity index (χ0v) is 13.3. The van der Waals surface area contributed by atoms with E-state index in [1.807, 2.05) is 18.2 Å². The van der Waals surface area contributed by atoms with Crippen molar-refractivity contribution in [2.24, 2.45) is 0 Å². The Bertz CT molecular complexity index is 726. The van der Waals surface area contributed by atoms with Gasteiger partial charge in [-0.05, 0) is 60.7 Å². The lowest BCUT2D eigenvalue weighted by molar-refractivity contribution is 0.112. The molecule has 118 valence electrons. The largest absolute Gasteiger partial charge is 0.507 e. The van der Waals surface area contributed by atoms with Gasteiger partial charge in [0, 0.05) is 18.8 Å². The first-order valence-electron chi connectivity index (χ1n) is 7.99. The van der Waals surface area contributed by atoms with E-state index < -0.39 is 0 Å². The average Bonchev–Trinajstić information content (AvgIpc) is 3.11. The molecule has 23 heavy (non-hydrogen) atoms. The zero-order valence-electron chi connectivity index (χ0n) is 13.3. The van der Waals surface area contributed by atoms with E-state index in [9.17, 15) is 9.90 Å². The molecule has 1 aliphatic heterocycles. The molecule has 0 unspecified atom stereocenters. The maximum Gasteiger partial charge on any atom is 0.153 e. The van der Waals surface area contributed by atoms with Crippen LogP contribution in [0, 0.1) is 6.92 Å². The highest BCUT2D eigenvalue weighted by Gasteiger charge is 2.11. The van der Waals surface area contributed by atoms with Crippen molar-refractivity contribution >= 4 is 24.1 Å². The molecule has 2 aromatic rings. The summed E-state index contributed by atoms with van der Waals surface area (Å²) < 4.78 is 0. The smallest absolute Gasteiger partial charge is 0.153 e. The predicted octanol–water partition coefficient (Wildman–Crippen LogP) is 4.28. The van der Waals surface area contributed by atoms with Crippen molar-refractivity contribution in [2.45, 2.75) is 19.8 Å². The first-order chi connectivity index (χ1) is 11.2. The fourth-order valence-electron chi connectivity index (χ4n) is 2.99. The maximum atomic E-state index is 11.0. The van der Waals surface area contributed by atoms with E-state index in [0.717, 1.165) is 24.2 Å². The van der Waals surface area contributed by atoms with Gasteiger partial charge in [0.2, 0.25) is 0 Å².